The van der Waals surface area contributed by atoms with Crippen molar-refractivity contribution in [2.75, 3.05) is 30.3 Å². The minimum Gasteiger partial charge on any atom is -0.312 e. The van der Waals surface area contributed by atoms with E-state index in [9.17, 15) is 14.4 Å². The van der Waals surface area contributed by atoms with Crippen LogP contribution in [0.5, 0.6) is 0 Å². The molecule has 8 rings (SSSR count). The Bertz CT molecular complexity index is 2460. The van der Waals surface area contributed by atoms with Crippen LogP contribution in [0.25, 0.3) is 23.0 Å². The van der Waals surface area contributed by atoms with Crippen molar-refractivity contribution in [3.63, 3.8) is 0 Å². The largest absolute Gasteiger partial charge is 0.312 e. The Morgan fingerprint density at radius 2 is 1.27 bits per heavy atom. The van der Waals surface area contributed by atoms with Crippen molar-refractivity contribution in [1.29, 1.82) is 0 Å². The van der Waals surface area contributed by atoms with Crippen LogP contribution >= 0.6 is 0 Å². The Morgan fingerprint density at radius 3 is 1.78 bits per heavy atom. The van der Waals surface area contributed by atoms with E-state index in [1.165, 1.54) is 35.1 Å². The second-order valence-corrected chi connectivity index (χ2v) is 16.3. The van der Waals surface area contributed by atoms with Crippen LogP contribution < -0.4 is 16.0 Å². The van der Waals surface area contributed by atoms with Gasteiger partial charge in [-0.05, 0) is 137 Å². The molecule has 6 aromatic rings. The molecule has 4 aromatic heterocycles. The molecule has 2 aliphatic rings. The summed E-state index contributed by atoms with van der Waals surface area (Å²) >= 11 is 0. The molecule has 2 aliphatic heterocycles. The molecule has 6 heterocycles. The number of nitrogens with one attached hydrogen (secondary N) is 3. The summed E-state index contributed by atoms with van der Waals surface area (Å²) in [6.45, 7) is 17.4. The summed E-state index contributed by atoms with van der Waals surface area (Å²) in [5, 5.41) is 25.5. The summed E-state index contributed by atoms with van der Waals surface area (Å²) in [4.78, 5) is 46.6. The third kappa shape index (κ3) is 12.4. The van der Waals surface area contributed by atoms with Crippen molar-refractivity contribution >= 4 is 29.7 Å². The second kappa shape index (κ2) is 22.6. The number of anilines is 2. The number of hydrogen-bond donors (Lipinski definition) is 3. The van der Waals surface area contributed by atoms with Gasteiger partial charge >= 0.3 is 0 Å². The molecule has 0 unspecified atom stereocenters. The van der Waals surface area contributed by atoms with E-state index >= 15 is 0 Å². The van der Waals surface area contributed by atoms with Crippen molar-refractivity contribution in [2.24, 2.45) is 0 Å². The van der Waals surface area contributed by atoms with Gasteiger partial charge in [0.15, 0.2) is 11.6 Å². The summed E-state index contributed by atoms with van der Waals surface area (Å²) < 4.78 is 3.91. The van der Waals surface area contributed by atoms with E-state index in [0.29, 0.717) is 52.2 Å². The average Bonchev–Trinajstić information content (AvgIpc) is 4.01. The van der Waals surface area contributed by atoms with E-state index in [0.717, 1.165) is 58.3 Å². The molecule has 3 N–H and O–H groups in total. The van der Waals surface area contributed by atoms with Crippen LogP contribution in [0.1, 0.15) is 122 Å². The number of hydrogen-bond acceptors (Lipinski definition) is 11. The topological polar surface area (TPSA) is 178 Å². The highest BCUT2D eigenvalue weighted by Crippen LogP contribution is 2.24. The maximum atomic E-state index is 12.9. The Morgan fingerprint density at radius 1 is 0.714 bits per heavy atom. The van der Waals surface area contributed by atoms with E-state index in [2.05, 4.69) is 91.9 Å². The van der Waals surface area contributed by atoms with Crippen LogP contribution in [0.3, 0.4) is 0 Å². The van der Waals surface area contributed by atoms with E-state index < -0.39 is 0 Å². The fraction of sp³-hybridized carbons (Fsp3) is 0.396. The molecule has 0 saturated heterocycles. The molecule has 0 aliphatic carbocycles. The summed E-state index contributed by atoms with van der Waals surface area (Å²) in [5.41, 5.74) is 7.73. The maximum Gasteiger partial charge on any atom is 0.256 e. The first kappa shape index (κ1) is 46.1. The summed E-state index contributed by atoms with van der Waals surface area (Å²) in [7, 11) is 0. The Balaban J connectivity index is 0.000000191. The molecule has 0 atom stereocenters. The fourth-order valence-electron chi connectivity index (χ4n) is 7.31. The van der Waals surface area contributed by atoms with Gasteiger partial charge < -0.3 is 29.9 Å². The van der Waals surface area contributed by atoms with E-state index in [4.69, 9.17) is 0 Å². The average molecular weight is 853 g/mol. The zero-order chi connectivity index (χ0) is 44.7. The molecule has 0 radical (unpaired) electrons. The van der Waals surface area contributed by atoms with Crippen LogP contribution in [0.2, 0.25) is 0 Å². The zero-order valence-electron chi connectivity index (χ0n) is 37.3. The normalized spacial score (nSPS) is 13.2. The first-order valence-electron chi connectivity index (χ1n) is 22.0. The quantitative estimate of drug-likeness (QED) is 0.0956. The lowest BCUT2D eigenvalue weighted by Crippen LogP contribution is -2.31. The molecule has 0 spiro atoms. The summed E-state index contributed by atoms with van der Waals surface area (Å²) in [5.74, 6) is 2.05. The molecule has 15 heteroatoms. The molecule has 2 amide bonds. The SMILES string of the molecule is CC(C)n1cnnc1-c1cccc(NC(=O)c2ccc3c(c2)CNCC3)n1.CCCC=O.CCCCN1CCc2ccc(C(=O)Nc3cccc(-c4nncn4C(C)C)n3)cc2C1. The summed E-state index contributed by atoms with van der Waals surface area (Å²) in [6, 6.07) is 23.4. The zero-order valence-corrected chi connectivity index (χ0v) is 37.3. The second-order valence-electron chi connectivity index (χ2n) is 16.3. The molecule has 15 nitrogen and oxygen atoms in total. The van der Waals surface area contributed by atoms with Gasteiger partial charge in [-0.2, -0.15) is 0 Å². The Hall–Kier alpha value is -6.45. The number of aromatic nitrogens is 8. The van der Waals surface area contributed by atoms with Gasteiger partial charge in [0.1, 0.15) is 42.0 Å². The highest BCUT2D eigenvalue weighted by molar-refractivity contribution is 6.04. The third-order valence-electron chi connectivity index (χ3n) is 10.8. The van der Waals surface area contributed by atoms with Crippen LogP contribution in [0.15, 0.2) is 85.5 Å². The number of aldehydes is 1. The van der Waals surface area contributed by atoms with Gasteiger partial charge in [-0.1, -0.05) is 44.5 Å². The lowest BCUT2D eigenvalue weighted by Gasteiger charge is -2.29. The van der Waals surface area contributed by atoms with E-state index in [1.54, 1.807) is 24.8 Å². The van der Waals surface area contributed by atoms with E-state index in [-0.39, 0.29) is 23.9 Å². The van der Waals surface area contributed by atoms with Crippen molar-refractivity contribution in [2.45, 2.75) is 105 Å². The molecule has 0 fully saturated rings. The van der Waals surface area contributed by atoms with Crippen LogP contribution in [-0.4, -0.2) is 82.1 Å². The number of fused-ring (bicyclic) bond motifs is 2. The molecule has 63 heavy (non-hydrogen) atoms. The van der Waals surface area contributed by atoms with Crippen molar-refractivity contribution < 1.29 is 14.4 Å². The lowest BCUT2D eigenvalue weighted by atomic mass is 9.97. The van der Waals surface area contributed by atoms with Gasteiger partial charge in [0.25, 0.3) is 11.8 Å². The van der Waals surface area contributed by atoms with Crippen molar-refractivity contribution in [3.05, 3.63) is 119 Å². The van der Waals surface area contributed by atoms with Crippen LogP contribution in [0.4, 0.5) is 11.6 Å². The third-order valence-corrected chi connectivity index (χ3v) is 10.8. The van der Waals surface area contributed by atoms with Gasteiger partial charge in [0.2, 0.25) is 0 Å². The minimum absolute atomic E-state index is 0.150. The molecule has 2 aromatic carbocycles. The van der Waals surface area contributed by atoms with Gasteiger partial charge in [-0.3, -0.25) is 14.5 Å². The number of carbonyl (C=O) groups excluding carboxylic acids is 3. The number of amides is 2. The van der Waals surface area contributed by atoms with Gasteiger partial charge in [-0.25, -0.2) is 9.97 Å². The van der Waals surface area contributed by atoms with Gasteiger partial charge in [-0.15, -0.1) is 20.4 Å². The first-order valence-corrected chi connectivity index (χ1v) is 22.0. The minimum atomic E-state index is -0.168. The molecule has 0 saturated carbocycles. The number of rotatable bonds is 13. The highest BCUT2D eigenvalue weighted by atomic mass is 16.2. The number of unbranched alkanes of at least 4 members (excludes halogenated alkanes) is 2. The fourth-order valence-corrected chi connectivity index (χ4v) is 7.31. The van der Waals surface area contributed by atoms with E-state index in [1.807, 2.05) is 70.7 Å². The Kier molecular flexibility index (Phi) is 16.5. The predicted molar refractivity (Wildman–Crippen MR) is 246 cm³/mol. The summed E-state index contributed by atoms with van der Waals surface area (Å²) in [6.07, 6.45) is 10.5. The predicted octanol–water partition coefficient (Wildman–Crippen LogP) is 8.14. The Labute approximate surface area is 370 Å². The van der Waals surface area contributed by atoms with Crippen LogP contribution in [-0.2, 0) is 30.7 Å². The number of pyridine rings is 2. The monoisotopic (exact) mass is 852 g/mol. The maximum absolute atomic E-state index is 12.9. The van der Waals surface area contributed by atoms with Crippen LogP contribution in [0, 0.1) is 0 Å². The molecular formula is C48H60N12O3. The van der Waals surface area contributed by atoms with Crippen molar-refractivity contribution in [1.82, 2.24) is 49.7 Å². The smallest absolute Gasteiger partial charge is 0.256 e. The highest BCUT2D eigenvalue weighted by Gasteiger charge is 2.19. The molecular weight excluding hydrogens is 793 g/mol. The lowest BCUT2D eigenvalue weighted by molar-refractivity contribution is -0.107. The number of nitrogens with zero attached hydrogens (tertiary/aromatic N) is 9. The number of benzene rings is 2. The van der Waals surface area contributed by atoms with Crippen molar-refractivity contribution in [3.8, 4) is 23.0 Å². The molecule has 330 valence electrons. The van der Waals surface area contributed by atoms with Gasteiger partial charge in [0.05, 0.1) is 0 Å². The van der Waals surface area contributed by atoms with Gasteiger partial charge in [0, 0.05) is 49.3 Å². The first-order chi connectivity index (χ1) is 30.6. The standard InChI is InChI=1S/C24H30N6O.C20H22N6O.C4H8O/c1-4-5-12-29-13-11-18-9-10-19(14-20(18)15-29)24(31)27-22-8-6-7-21(26-22)23-28-25-16-30(23)17(2)3;1-13(2)26-12-22-25-19(26)17-4-3-5-18(23-17)24-20(27)15-7-6-14-8-9-21-11-16(14)10-15;1-2-3-4-5/h6-10,14,16-17H,4-5,11-13,15H2,1-3H3,(H,26,27,31);3-7,10,12-13,21H,8-9,11H2,1-2H3,(H,23,24,27);4H,2-3H2,1H3. The number of carbonyl (C=O) groups is 3. The molecule has 0 bridgehead atoms.